The number of nitrogens with one attached hydrogen (secondary N) is 1. The van der Waals surface area contributed by atoms with Crippen LogP contribution in [-0.2, 0) is 14.8 Å². The van der Waals surface area contributed by atoms with Gasteiger partial charge in [-0.3, -0.25) is 4.79 Å². The molecule has 0 bridgehead atoms. The Morgan fingerprint density at radius 3 is 2.08 bits per heavy atom. The number of esters is 1. The van der Waals surface area contributed by atoms with E-state index in [1.54, 1.807) is 19.1 Å². The van der Waals surface area contributed by atoms with Crippen LogP contribution in [-0.4, -0.2) is 32.8 Å². The average molecular weight is 375 g/mol. The topological polar surface area (TPSA) is 89.5 Å². The van der Waals surface area contributed by atoms with Crippen molar-refractivity contribution in [3.8, 4) is 0 Å². The third kappa shape index (κ3) is 4.77. The number of Topliss-reactive ketones (excluding diaryl/α,β-unsaturated/α-hetero) is 1. The van der Waals surface area contributed by atoms with E-state index in [4.69, 9.17) is 4.74 Å². The summed E-state index contributed by atoms with van der Waals surface area (Å²) in [6.07, 6.45) is -0.949. The molecule has 138 valence electrons. The van der Waals surface area contributed by atoms with Crippen LogP contribution in [0.2, 0.25) is 0 Å². The molecule has 0 saturated heterocycles. The zero-order valence-electron chi connectivity index (χ0n) is 14.9. The Balaban J connectivity index is 2.07. The van der Waals surface area contributed by atoms with Crippen LogP contribution < -0.4 is 4.72 Å². The fraction of sp³-hybridized carbons (Fsp3) is 0.263. The maximum atomic E-state index is 12.3. The van der Waals surface area contributed by atoms with Gasteiger partial charge in [-0.1, -0.05) is 36.8 Å². The number of rotatable bonds is 7. The largest absolute Gasteiger partial charge is 0.451 e. The average Bonchev–Trinajstić information content (AvgIpc) is 2.61. The van der Waals surface area contributed by atoms with E-state index in [9.17, 15) is 18.0 Å². The van der Waals surface area contributed by atoms with Crippen molar-refractivity contribution in [1.82, 2.24) is 4.72 Å². The van der Waals surface area contributed by atoms with Crippen molar-refractivity contribution in [1.29, 1.82) is 0 Å². The molecule has 0 heterocycles. The molecule has 2 aromatic carbocycles. The highest BCUT2D eigenvalue weighted by atomic mass is 32.2. The summed E-state index contributed by atoms with van der Waals surface area (Å²) in [5.74, 6) is -0.991. The Morgan fingerprint density at radius 2 is 1.54 bits per heavy atom. The van der Waals surface area contributed by atoms with Crippen LogP contribution in [0.1, 0.15) is 40.1 Å². The van der Waals surface area contributed by atoms with E-state index in [-0.39, 0.29) is 22.8 Å². The van der Waals surface area contributed by atoms with Gasteiger partial charge in [0, 0.05) is 12.1 Å². The number of hydrogen-bond acceptors (Lipinski definition) is 5. The third-order valence-corrected chi connectivity index (χ3v) is 5.29. The summed E-state index contributed by atoms with van der Waals surface area (Å²) < 4.78 is 31.3. The van der Waals surface area contributed by atoms with Gasteiger partial charge in [-0.2, -0.15) is 0 Å². The standard InChI is InChI=1S/C19H21NO5S/c1-4-20-26(23,24)17-11-9-16(10-12-17)19(22)25-14(3)18(21)15-7-5-13(2)6-8-15/h5-12,14,20H,4H2,1-3H3/t14-/m0/s1. The molecule has 7 heteroatoms. The highest BCUT2D eigenvalue weighted by molar-refractivity contribution is 7.89. The normalized spacial score (nSPS) is 12.4. The van der Waals surface area contributed by atoms with Gasteiger partial charge in [-0.05, 0) is 38.1 Å². The summed E-state index contributed by atoms with van der Waals surface area (Å²) in [4.78, 5) is 24.6. The van der Waals surface area contributed by atoms with Crippen LogP contribution in [0.15, 0.2) is 53.4 Å². The van der Waals surface area contributed by atoms with E-state index >= 15 is 0 Å². The smallest absolute Gasteiger partial charge is 0.338 e. The molecule has 6 nitrogen and oxygen atoms in total. The number of carbonyl (C=O) groups is 2. The minimum Gasteiger partial charge on any atom is -0.451 e. The SMILES string of the molecule is CCNS(=O)(=O)c1ccc(C(=O)O[C@@H](C)C(=O)c2ccc(C)cc2)cc1. The Kier molecular flexibility index (Phi) is 6.28. The molecular weight excluding hydrogens is 354 g/mol. The zero-order chi connectivity index (χ0) is 19.3. The highest BCUT2D eigenvalue weighted by Gasteiger charge is 2.21. The first-order valence-corrected chi connectivity index (χ1v) is 9.64. The number of sulfonamides is 1. The Hall–Kier alpha value is -2.51. The lowest BCUT2D eigenvalue weighted by molar-refractivity contribution is 0.0318. The first kappa shape index (κ1) is 19.8. The zero-order valence-corrected chi connectivity index (χ0v) is 15.7. The van der Waals surface area contributed by atoms with E-state index in [1.165, 1.54) is 31.2 Å². The Bertz CT molecular complexity index is 887. The van der Waals surface area contributed by atoms with Crippen LogP contribution in [0.5, 0.6) is 0 Å². The molecule has 0 radical (unpaired) electrons. The van der Waals surface area contributed by atoms with E-state index < -0.39 is 22.1 Å². The van der Waals surface area contributed by atoms with Crippen molar-refractivity contribution in [2.45, 2.75) is 31.8 Å². The molecule has 0 aromatic heterocycles. The van der Waals surface area contributed by atoms with Gasteiger partial charge in [-0.15, -0.1) is 0 Å². The summed E-state index contributed by atoms with van der Waals surface area (Å²) >= 11 is 0. The van der Waals surface area contributed by atoms with Gasteiger partial charge in [0.05, 0.1) is 10.5 Å². The fourth-order valence-corrected chi connectivity index (χ4v) is 3.32. The highest BCUT2D eigenvalue weighted by Crippen LogP contribution is 2.14. The second kappa shape index (κ2) is 8.25. The molecule has 2 aromatic rings. The van der Waals surface area contributed by atoms with Crippen LogP contribution >= 0.6 is 0 Å². The number of ketones is 1. The fourth-order valence-electron chi connectivity index (χ4n) is 2.28. The minimum atomic E-state index is -3.59. The number of carbonyl (C=O) groups excluding carboxylic acids is 2. The van der Waals surface area contributed by atoms with Crippen molar-refractivity contribution < 1.29 is 22.7 Å². The van der Waals surface area contributed by atoms with Crippen molar-refractivity contribution in [2.24, 2.45) is 0 Å². The Labute approximate surface area is 153 Å². The van der Waals surface area contributed by atoms with Gasteiger partial charge in [0.2, 0.25) is 15.8 Å². The molecule has 0 saturated carbocycles. The van der Waals surface area contributed by atoms with E-state index in [2.05, 4.69) is 4.72 Å². The monoisotopic (exact) mass is 375 g/mol. The molecule has 0 amide bonds. The van der Waals surface area contributed by atoms with Crippen molar-refractivity contribution in [2.75, 3.05) is 6.54 Å². The number of benzene rings is 2. The van der Waals surface area contributed by atoms with Crippen LogP contribution in [0.4, 0.5) is 0 Å². The van der Waals surface area contributed by atoms with Crippen LogP contribution in [0.25, 0.3) is 0 Å². The number of ether oxygens (including phenoxy) is 1. The van der Waals surface area contributed by atoms with Crippen LogP contribution in [0.3, 0.4) is 0 Å². The molecular formula is C19H21NO5S. The van der Waals surface area contributed by atoms with Crippen molar-refractivity contribution in [3.05, 3.63) is 65.2 Å². The summed E-state index contributed by atoms with van der Waals surface area (Å²) in [7, 11) is -3.59. The first-order valence-electron chi connectivity index (χ1n) is 8.16. The lowest BCUT2D eigenvalue weighted by Crippen LogP contribution is -2.25. The maximum absolute atomic E-state index is 12.3. The van der Waals surface area contributed by atoms with Crippen molar-refractivity contribution in [3.63, 3.8) is 0 Å². The molecule has 0 aliphatic heterocycles. The molecule has 0 fully saturated rings. The van der Waals surface area contributed by atoms with E-state index in [0.29, 0.717) is 5.56 Å². The molecule has 0 aliphatic rings. The summed E-state index contributed by atoms with van der Waals surface area (Å²) in [5, 5.41) is 0. The second-order valence-corrected chi connectivity index (χ2v) is 7.57. The number of hydrogen-bond donors (Lipinski definition) is 1. The number of aryl methyl sites for hydroxylation is 1. The van der Waals surface area contributed by atoms with E-state index in [0.717, 1.165) is 5.56 Å². The van der Waals surface area contributed by atoms with E-state index in [1.807, 2.05) is 19.1 Å². The molecule has 0 aliphatic carbocycles. The van der Waals surface area contributed by atoms with Crippen LogP contribution in [0, 0.1) is 6.92 Å². The molecule has 0 unspecified atom stereocenters. The summed E-state index contributed by atoms with van der Waals surface area (Å²) in [6, 6.07) is 12.3. The van der Waals surface area contributed by atoms with Crippen molar-refractivity contribution >= 4 is 21.8 Å². The summed E-state index contributed by atoms with van der Waals surface area (Å²) in [5.41, 5.74) is 1.66. The summed E-state index contributed by atoms with van der Waals surface area (Å²) in [6.45, 7) is 5.36. The lowest BCUT2D eigenvalue weighted by atomic mass is 10.1. The molecule has 26 heavy (non-hydrogen) atoms. The maximum Gasteiger partial charge on any atom is 0.338 e. The first-order chi connectivity index (χ1) is 12.2. The predicted octanol–water partition coefficient (Wildman–Crippen LogP) is 2.72. The molecule has 2 rings (SSSR count). The van der Waals surface area contributed by atoms with Gasteiger partial charge in [0.15, 0.2) is 6.10 Å². The Morgan fingerprint density at radius 1 is 1.00 bits per heavy atom. The quantitative estimate of drug-likeness (QED) is 0.594. The van der Waals surface area contributed by atoms with Gasteiger partial charge in [0.25, 0.3) is 0 Å². The predicted molar refractivity (Wildman–Crippen MR) is 97.7 cm³/mol. The van der Waals surface area contributed by atoms with Gasteiger partial charge in [-0.25, -0.2) is 17.9 Å². The van der Waals surface area contributed by atoms with Gasteiger partial charge in [0.1, 0.15) is 0 Å². The van der Waals surface area contributed by atoms with Gasteiger partial charge < -0.3 is 4.74 Å². The molecule has 1 N–H and O–H groups in total. The lowest BCUT2D eigenvalue weighted by Gasteiger charge is -2.13. The van der Waals surface area contributed by atoms with Gasteiger partial charge >= 0.3 is 5.97 Å². The minimum absolute atomic E-state index is 0.0553. The second-order valence-electron chi connectivity index (χ2n) is 5.80. The molecule has 0 spiro atoms. The molecule has 1 atom stereocenters. The third-order valence-electron chi connectivity index (χ3n) is 3.72.